The fraction of sp³-hybridized carbons (Fsp3) is 0.381. The standard InChI is InChI=1S/C21H27N3O2.HI/c1-25-18-11-10-17(14-19(18)26-2)24-20(22)23-15-21(12-6-7-13-21)16-8-4-3-5-9-16;/h3-5,8-11,14H,6-7,12-13,15H2,1-2H3,(H3,22,23,24);1H. The SMILES string of the molecule is COc1ccc(NC(N)=NCC2(c3ccccc3)CCCC2)cc1OC.I. The molecule has 0 bridgehead atoms. The van der Waals surface area contributed by atoms with Crippen LogP contribution >= 0.6 is 24.0 Å². The van der Waals surface area contributed by atoms with E-state index < -0.39 is 0 Å². The van der Waals surface area contributed by atoms with Gasteiger partial charge in [-0.2, -0.15) is 0 Å². The number of aliphatic imine (C=N–C) groups is 1. The smallest absolute Gasteiger partial charge is 0.193 e. The molecular weight excluding hydrogens is 453 g/mol. The summed E-state index contributed by atoms with van der Waals surface area (Å²) in [6, 6.07) is 16.3. The summed E-state index contributed by atoms with van der Waals surface area (Å²) in [5.41, 5.74) is 8.44. The average Bonchev–Trinajstić information content (AvgIpc) is 3.17. The van der Waals surface area contributed by atoms with Gasteiger partial charge >= 0.3 is 0 Å². The number of benzene rings is 2. The minimum absolute atomic E-state index is 0. The molecule has 3 N–H and O–H groups in total. The molecule has 0 atom stereocenters. The normalized spacial score (nSPS) is 15.7. The number of rotatable bonds is 6. The molecule has 6 heteroatoms. The third-order valence-electron chi connectivity index (χ3n) is 5.15. The first-order valence-electron chi connectivity index (χ1n) is 9.01. The Kier molecular flexibility index (Phi) is 7.77. The van der Waals surface area contributed by atoms with Crippen LogP contribution in [0.2, 0.25) is 0 Å². The van der Waals surface area contributed by atoms with Gasteiger partial charge in [0.25, 0.3) is 0 Å². The van der Waals surface area contributed by atoms with E-state index in [0.29, 0.717) is 24.0 Å². The van der Waals surface area contributed by atoms with Gasteiger partial charge in [0.2, 0.25) is 0 Å². The molecule has 5 nitrogen and oxygen atoms in total. The van der Waals surface area contributed by atoms with E-state index in [0.717, 1.165) is 18.5 Å². The molecule has 146 valence electrons. The molecule has 0 aliphatic heterocycles. The summed E-state index contributed by atoms with van der Waals surface area (Å²) < 4.78 is 10.6. The van der Waals surface area contributed by atoms with Gasteiger partial charge in [-0.25, -0.2) is 0 Å². The van der Waals surface area contributed by atoms with Crippen molar-refractivity contribution in [3.8, 4) is 11.5 Å². The monoisotopic (exact) mass is 481 g/mol. The Bertz CT molecular complexity index is 759. The Morgan fingerprint density at radius 3 is 2.33 bits per heavy atom. The molecule has 1 saturated carbocycles. The number of guanidine groups is 1. The van der Waals surface area contributed by atoms with Crippen LogP contribution in [0.1, 0.15) is 31.2 Å². The molecule has 0 aromatic heterocycles. The highest BCUT2D eigenvalue weighted by Gasteiger charge is 2.35. The number of anilines is 1. The predicted molar refractivity (Wildman–Crippen MR) is 122 cm³/mol. The molecule has 3 rings (SSSR count). The first kappa shape index (κ1) is 21.3. The van der Waals surface area contributed by atoms with E-state index in [9.17, 15) is 0 Å². The van der Waals surface area contributed by atoms with Crippen LogP contribution in [-0.4, -0.2) is 26.7 Å². The molecule has 1 aliphatic carbocycles. The second-order valence-corrected chi connectivity index (χ2v) is 6.75. The molecule has 27 heavy (non-hydrogen) atoms. The van der Waals surface area contributed by atoms with Gasteiger partial charge in [0.05, 0.1) is 20.8 Å². The summed E-state index contributed by atoms with van der Waals surface area (Å²) >= 11 is 0. The van der Waals surface area contributed by atoms with Crippen molar-refractivity contribution in [1.82, 2.24) is 0 Å². The number of nitrogens with two attached hydrogens (primary N) is 1. The fourth-order valence-corrected chi connectivity index (χ4v) is 3.72. The minimum Gasteiger partial charge on any atom is -0.493 e. The minimum atomic E-state index is 0. The molecule has 0 spiro atoms. The Morgan fingerprint density at radius 1 is 1.04 bits per heavy atom. The number of hydrogen-bond acceptors (Lipinski definition) is 3. The summed E-state index contributed by atoms with van der Waals surface area (Å²) in [5, 5.41) is 3.15. The van der Waals surface area contributed by atoms with Crippen molar-refractivity contribution < 1.29 is 9.47 Å². The predicted octanol–water partition coefficient (Wildman–Crippen LogP) is 4.56. The lowest BCUT2D eigenvalue weighted by Gasteiger charge is -2.28. The maximum atomic E-state index is 6.15. The summed E-state index contributed by atoms with van der Waals surface area (Å²) in [7, 11) is 3.23. The number of nitrogens with one attached hydrogen (secondary N) is 1. The van der Waals surface area contributed by atoms with Gasteiger partial charge in [-0.1, -0.05) is 43.2 Å². The van der Waals surface area contributed by atoms with Gasteiger partial charge in [0, 0.05) is 17.2 Å². The molecule has 0 radical (unpaired) electrons. The highest BCUT2D eigenvalue weighted by molar-refractivity contribution is 14.0. The number of methoxy groups -OCH3 is 2. The van der Waals surface area contributed by atoms with Gasteiger partial charge in [-0.15, -0.1) is 24.0 Å². The van der Waals surface area contributed by atoms with Crippen molar-refractivity contribution in [2.24, 2.45) is 10.7 Å². The number of hydrogen-bond donors (Lipinski definition) is 2. The van der Waals surface area contributed by atoms with Crippen LogP contribution in [0, 0.1) is 0 Å². The fourth-order valence-electron chi connectivity index (χ4n) is 3.72. The first-order valence-corrected chi connectivity index (χ1v) is 9.01. The number of nitrogens with zero attached hydrogens (tertiary/aromatic N) is 1. The Morgan fingerprint density at radius 2 is 1.70 bits per heavy atom. The molecule has 0 unspecified atom stereocenters. The van der Waals surface area contributed by atoms with Crippen molar-refractivity contribution in [3.63, 3.8) is 0 Å². The van der Waals surface area contributed by atoms with E-state index in [-0.39, 0.29) is 29.4 Å². The van der Waals surface area contributed by atoms with Gasteiger partial charge in [-0.05, 0) is 30.5 Å². The number of ether oxygens (including phenoxy) is 2. The van der Waals surface area contributed by atoms with E-state index in [1.807, 2.05) is 18.2 Å². The zero-order chi connectivity index (χ0) is 18.4. The van der Waals surface area contributed by atoms with E-state index in [1.54, 1.807) is 14.2 Å². The maximum Gasteiger partial charge on any atom is 0.193 e. The quantitative estimate of drug-likeness (QED) is 0.361. The van der Waals surface area contributed by atoms with Crippen molar-refractivity contribution in [1.29, 1.82) is 0 Å². The second-order valence-electron chi connectivity index (χ2n) is 6.75. The van der Waals surface area contributed by atoms with Gasteiger partial charge in [0.15, 0.2) is 17.5 Å². The van der Waals surface area contributed by atoms with Crippen LogP contribution in [0.25, 0.3) is 0 Å². The van der Waals surface area contributed by atoms with Crippen molar-refractivity contribution in [2.45, 2.75) is 31.1 Å². The molecule has 0 heterocycles. The summed E-state index contributed by atoms with van der Waals surface area (Å²) in [6.45, 7) is 0.698. The first-order chi connectivity index (χ1) is 12.7. The molecule has 0 amide bonds. The largest absolute Gasteiger partial charge is 0.493 e. The summed E-state index contributed by atoms with van der Waals surface area (Å²) in [4.78, 5) is 4.66. The van der Waals surface area contributed by atoms with Crippen LogP contribution in [-0.2, 0) is 5.41 Å². The van der Waals surface area contributed by atoms with Gasteiger partial charge in [0.1, 0.15) is 0 Å². The third kappa shape index (κ3) is 5.06. The number of halogens is 1. The molecule has 0 saturated heterocycles. The zero-order valence-electron chi connectivity index (χ0n) is 15.9. The average molecular weight is 481 g/mol. The third-order valence-corrected chi connectivity index (χ3v) is 5.15. The molecule has 2 aromatic rings. The van der Waals surface area contributed by atoms with E-state index in [1.165, 1.54) is 18.4 Å². The Labute approximate surface area is 178 Å². The van der Waals surface area contributed by atoms with Crippen LogP contribution in [0.15, 0.2) is 53.5 Å². The lowest BCUT2D eigenvalue weighted by atomic mass is 9.79. The molecule has 1 fully saturated rings. The maximum absolute atomic E-state index is 6.15. The van der Waals surface area contributed by atoms with E-state index in [4.69, 9.17) is 15.2 Å². The van der Waals surface area contributed by atoms with E-state index >= 15 is 0 Å². The lowest BCUT2D eigenvalue weighted by Crippen LogP contribution is -2.30. The van der Waals surface area contributed by atoms with Crippen molar-refractivity contribution in [3.05, 3.63) is 54.1 Å². The van der Waals surface area contributed by atoms with Gasteiger partial charge in [-0.3, -0.25) is 4.99 Å². The highest BCUT2D eigenvalue weighted by atomic mass is 127. The summed E-state index contributed by atoms with van der Waals surface area (Å²) in [5.74, 6) is 1.75. The molecule has 1 aliphatic rings. The Hall–Kier alpha value is -1.96. The molecular formula is C21H28IN3O2. The Balaban J connectivity index is 0.00000261. The van der Waals surface area contributed by atoms with Crippen molar-refractivity contribution >= 4 is 35.6 Å². The lowest BCUT2D eigenvalue weighted by molar-refractivity contribution is 0.355. The van der Waals surface area contributed by atoms with Crippen LogP contribution in [0.4, 0.5) is 5.69 Å². The van der Waals surface area contributed by atoms with Crippen LogP contribution in [0.5, 0.6) is 11.5 Å². The molecule has 2 aromatic carbocycles. The second kappa shape index (κ2) is 9.82. The summed E-state index contributed by atoms with van der Waals surface area (Å²) in [6.07, 6.45) is 4.80. The van der Waals surface area contributed by atoms with Crippen LogP contribution < -0.4 is 20.5 Å². The van der Waals surface area contributed by atoms with Crippen LogP contribution in [0.3, 0.4) is 0 Å². The highest BCUT2D eigenvalue weighted by Crippen LogP contribution is 2.41. The van der Waals surface area contributed by atoms with E-state index in [2.05, 4.69) is 40.6 Å². The zero-order valence-corrected chi connectivity index (χ0v) is 18.2. The van der Waals surface area contributed by atoms with Crippen molar-refractivity contribution in [2.75, 3.05) is 26.1 Å². The van der Waals surface area contributed by atoms with Gasteiger partial charge < -0.3 is 20.5 Å². The topological polar surface area (TPSA) is 68.9 Å².